The second kappa shape index (κ2) is 8.88. The van der Waals surface area contributed by atoms with Gasteiger partial charge in [0.25, 0.3) is 0 Å². The molecule has 8 heteroatoms. The van der Waals surface area contributed by atoms with Crippen molar-refractivity contribution in [1.82, 2.24) is 14.8 Å². The summed E-state index contributed by atoms with van der Waals surface area (Å²) >= 11 is 1.26. The SMILES string of the molecule is COC(=O)c1sccc1NC(=O)CN1CCN(Cc2ccccn2)CC1. The maximum absolute atomic E-state index is 12.3. The zero-order chi connectivity index (χ0) is 18.4. The van der Waals surface area contributed by atoms with Crippen LogP contribution in [-0.2, 0) is 16.1 Å². The molecule has 1 fully saturated rings. The maximum atomic E-state index is 12.3. The van der Waals surface area contributed by atoms with Crippen LogP contribution in [0.4, 0.5) is 5.69 Å². The van der Waals surface area contributed by atoms with Crippen LogP contribution in [0.3, 0.4) is 0 Å². The minimum Gasteiger partial charge on any atom is -0.465 e. The minimum absolute atomic E-state index is 0.119. The molecule has 1 aliphatic heterocycles. The topological polar surface area (TPSA) is 74.8 Å². The van der Waals surface area contributed by atoms with Gasteiger partial charge in [-0.2, -0.15) is 0 Å². The second-order valence-corrected chi connectivity index (χ2v) is 6.99. The van der Waals surface area contributed by atoms with Crippen molar-refractivity contribution >= 4 is 28.9 Å². The molecule has 0 unspecified atom stereocenters. The van der Waals surface area contributed by atoms with Gasteiger partial charge >= 0.3 is 5.97 Å². The van der Waals surface area contributed by atoms with Crippen LogP contribution in [-0.4, -0.2) is 66.5 Å². The van der Waals surface area contributed by atoms with E-state index < -0.39 is 5.97 Å². The number of methoxy groups -OCH3 is 1. The molecule has 26 heavy (non-hydrogen) atoms. The Morgan fingerprint density at radius 3 is 2.65 bits per heavy atom. The molecule has 7 nitrogen and oxygen atoms in total. The summed E-state index contributed by atoms with van der Waals surface area (Å²) in [5.74, 6) is -0.551. The number of thiophene rings is 1. The van der Waals surface area contributed by atoms with Gasteiger partial charge in [-0.3, -0.25) is 19.6 Å². The average Bonchev–Trinajstić information content (AvgIpc) is 3.11. The van der Waals surface area contributed by atoms with Crippen LogP contribution in [0.25, 0.3) is 0 Å². The number of aromatic nitrogens is 1. The highest BCUT2D eigenvalue weighted by Gasteiger charge is 2.21. The third-order valence-electron chi connectivity index (χ3n) is 4.25. The molecule has 1 N–H and O–H groups in total. The number of nitrogens with one attached hydrogen (secondary N) is 1. The summed E-state index contributed by atoms with van der Waals surface area (Å²) in [5, 5.41) is 4.57. The molecule has 2 aromatic heterocycles. The number of hydrogen-bond acceptors (Lipinski definition) is 7. The molecular formula is C18H22N4O3S. The quantitative estimate of drug-likeness (QED) is 0.776. The smallest absolute Gasteiger partial charge is 0.350 e. The van der Waals surface area contributed by atoms with Crippen molar-refractivity contribution in [2.75, 3.05) is 45.2 Å². The number of carbonyl (C=O) groups excluding carboxylic acids is 2. The van der Waals surface area contributed by atoms with Gasteiger partial charge in [-0.25, -0.2) is 4.79 Å². The Kier molecular flexibility index (Phi) is 6.32. The standard InChI is InChI=1S/C18H22N4O3S/c1-25-18(24)17-15(5-11-26-17)20-16(23)13-22-9-7-21(8-10-22)12-14-4-2-3-6-19-14/h2-6,11H,7-10,12-13H2,1H3,(H,20,23). The number of anilines is 1. The summed E-state index contributed by atoms with van der Waals surface area (Å²) in [6, 6.07) is 7.66. The Bertz CT molecular complexity index is 742. The molecule has 0 atom stereocenters. The predicted molar refractivity (Wildman–Crippen MR) is 100 cm³/mol. The summed E-state index contributed by atoms with van der Waals surface area (Å²) in [7, 11) is 1.33. The number of rotatable bonds is 6. The molecule has 0 aliphatic carbocycles. The molecule has 1 saturated heterocycles. The zero-order valence-electron chi connectivity index (χ0n) is 14.7. The number of esters is 1. The van der Waals surface area contributed by atoms with Gasteiger partial charge in [0, 0.05) is 38.9 Å². The summed E-state index contributed by atoms with van der Waals surface area (Å²) in [5.41, 5.74) is 1.58. The van der Waals surface area contributed by atoms with Crippen molar-refractivity contribution < 1.29 is 14.3 Å². The third kappa shape index (κ3) is 4.87. The molecular weight excluding hydrogens is 352 g/mol. The molecule has 3 heterocycles. The third-order valence-corrected chi connectivity index (χ3v) is 5.15. The number of pyridine rings is 1. The molecule has 0 spiro atoms. The summed E-state index contributed by atoms with van der Waals surface area (Å²) < 4.78 is 4.73. The summed E-state index contributed by atoms with van der Waals surface area (Å²) in [4.78, 5) is 33.2. The van der Waals surface area contributed by atoms with E-state index in [1.165, 1.54) is 18.4 Å². The minimum atomic E-state index is -0.432. The van der Waals surface area contributed by atoms with E-state index in [1.807, 2.05) is 24.4 Å². The van der Waals surface area contributed by atoms with Crippen LogP contribution >= 0.6 is 11.3 Å². The first-order valence-electron chi connectivity index (χ1n) is 8.46. The number of nitrogens with zero attached hydrogens (tertiary/aromatic N) is 3. The van der Waals surface area contributed by atoms with E-state index >= 15 is 0 Å². The van der Waals surface area contributed by atoms with E-state index in [-0.39, 0.29) is 5.91 Å². The molecule has 0 saturated carbocycles. The van der Waals surface area contributed by atoms with E-state index in [0.29, 0.717) is 17.1 Å². The fourth-order valence-electron chi connectivity index (χ4n) is 2.88. The number of carbonyl (C=O) groups is 2. The summed E-state index contributed by atoms with van der Waals surface area (Å²) in [6.07, 6.45) is 1.81. The van der Waals surface area contributed by atoms with Crippen LogP contribution in [0.5, 0.6) is 0 Å². The monoisotopic (exact) mass is 374 g/mol. The highest BCUT2D eigenvalue weighted by molar-refractivity contribution is 7.12. The highest BCUT2D eigenvalue weighted by atomic mass is 32.1. The fourth-order valence-corrected chi connectivity index (χ4v) is 3.64. The van der Waals surface area contributed by atoms with Gasteiger partial charge < -0.3 is 10.1 Å². The van der Waals surface area contributed by atoms with E-state index in [1.54, 1.807) is 11.4 Å². The number of ether oxygens (including phenoxy) is 1. The predicted octanol–water partition coefficient (Wildman–Crippen LogP) is 1.69. The first-order valence-corrected chi connectivity index (χ1v) is 9.34. The van der Waals surface area contributed by atoms with Crippen LogP contribution in [0.2, 0.25) is 0 Å². The van der Waals surface area contributed by atoms with Crippen molar-refractivity contribution in [3.8, 4) is 0 Å². The lowest BCUT2D eigenvalue weighted by Gasteiger charge is -2.34. The van der Waals surface area contributed by atoms with Gasteiger partial charge in [0.05, 0.1) is 25.0 Å². The average molecular weight is 374 g/mol. The summed E-state index contributed by atoms with van der Waals surface area (Å²) in [6.45, 7) is 4.60. The van der Waals surface area contributed by atoms with Crippen molar-refractivity contribution in [2.24, 2.45) is 0 Å². The van der Waals surface area contributed by atoms with E-state index in [4.69, 9.17) is 4.74 Å². The van der Waals surface area contributed by atoms with Gasteiger partial charge in [-0.05, 0) is 23.6 Å². The first-order chi connectivity index (χ1) is 12.7. The molecule has 0 aromatic carbocycles. The molecule has 0 bridgehead atoms. The molecule has 1 aliphatic rings. The molecule has 2 aromatic rings. The van der Waals surface area contributed by atoms with Crippen LogP contribution < -0.4 is 5.32 Å². The Morgan fingerprint density at radius 1 is 1.19 bits per heavy atom. The lowest BCUT2D eigenvalue weighted by molar-refractivity contribution is -0.117. The Labute approximate surface area is 156 Å². The largest absolute Gasteiger partial charge is 0.465 e. The van der Waals surface area contributed by atoms with E-state index in [0.717, 1.165) is 38.4 Å². The highest BCUT2D eigenvalue weighted by Crippen LogP contribution is 2.23. The van der Waals surface area contributed by atoms with Crippen molar-refractivity contribution in [3.63, 3.8) is 0 Å². The molecule has 0 radical (unpaired) electrons. The Balaban J connectivity index is 1.45. The Morgan fingerprint density at radius 2 is 1.96 bits per heavy atom. The van der Waals surface area contributed by atoms with Gasteiger partial charge in [-0.1, -0.05) is 6.07 Å². The number of hydrogen-bond donors (Lipinski definition) is 1. The number of piperazine rings is 1. The number of amides is 1. The lowest BCUT2D eigenvalue weighted by atomic mass is 10.2. The van der Waals surface area contributed by atoms with E-state index in [2.05, 4.69) is 20.1 Å². The maximum Gasteiger partial charge on any atom is 0.350 e. The van der Waals surface area contributed by atoms with Crippen molar-refractivity contribution in [3.05, 3.63) is 46.4 Å². The molecule has 1 amide bonds. The first kappa shape index (κ1) is 18.5. The lowest BCUT2D eigenvalue weighted by Crippen LogP contribution is -2.48. The molecule has 138 valence electrons. The van der Waals surface area contributed by atoms with Gasteiger partial charge in [0.2, 0.25) is 5.91 Å². The van der Waals surface area contributed by atoms with Crippen LogP contribution in [0.1, 0.15) is 15.4 Å². The normalized spacial score (nSPS) is 15.6. The molecule has 3 rings (SSSR count). The van der Waals surface area contributed by atoms with Gasteiger partial charge in [-0.15, -0.1) is 11.3 Å². The van der Waals surface area contributed by atoms with Crippen LogP contribution in [0.15, 0.2) is 35.8 Å². The Hall–Kier alpha value is -2.29. The van der Waals surface area contributed by atoms with E-state index in [9.17, 15) is 9.59 Å². The van der Waals surface area contributed by atoms with Gasteiger partial charge in [0.15, 0.2) is 0 Å². The van der Waals surface area contributed by atoms with Crippen molar-refractivity contribution in [2.45, 2.75) is 6.54 Å². The second-order valence-electron chi connectivity index (χ2n) is 6.08. The van der Waals surface area contributed by atoms with Crippen LogP contribution in [0, 0.1) is 0 Å². The van der Waals surface area contributed by atoms with Gasteiger partial charge in [0.1, 0.15) is 4.88 Å². The zero-order valence-corrected chi connectivity index (χ0v) is 15.5. The van der Waals surface area contributed by atoms with Crippen molar-refractivity contribution in [1.29, 1.82) is 0 Å². The fraction of sp³-hybridized carbons (Fsp3) is 0.389.